The van der Waals surface area contributed by atoms with Gasteiger partial charge in [-0.15, -0.1) is 0 Å². The highest BCUT2D eigenvalue weighted by atomic mass is 79.9. The molecule has 0 unspecified atom stereocenters. The van der Waals surface area contributed by atoms with Gasteiger partial charge in [-0.1, -0.05) is 18.5 Å². The standard InChI is InChI=1S/C8H9BrClNO/c1-2-3-11-5-6(9)4-7(10)8(11)12/h4-5H,2-3H2,1H3. The summed E-state index contributed by atoms with van der Waals surface area (Å²) < 4.78 is 2.44. The molecule has 0 saturated heterocycles. The normalized spacial score (nSPS) is 10.2. The lowest BCUT2D eigenvalue weighted by molar-refractivity contribution is 0.652. The van der Waals surface area contributed by atoms with Crippen molar-refractivity contribution in [1.29, 1.82) is 0 Å². The molecule has 12 heavy (non-hydrogen) atoms. The molecule has 0 aliphatic carbocycles. The Hall–Kier alpha value is -0.280. The van der Waals surface area contributed by atoms with Gasteiger partial charge in [0.1, 0.15) is 5.02 Å². The second kappa shape index (κ2) is 4.10. The smallest absolute Gasteiger partial charge is 0.269 e. The summed E-state index contributed by atoms with van der Waals surface area (Å²) in [5.74, 6) is 0. The van der Waals surface area contributed by atoms with E-state index in [0.717, 1.165) is 10.9 Å². The van der Waals surface area contributed by atoms with Gasteiger partial charge >= 0.3 is 0 Å². The van der Waals surface area contributed by atoms with Crippen LogP contribution in [0.1, 0.15) is 13.3 Å². The van der Waals surface area contributed by atoms with E-state index in [1.54, 1.807) is 16.8 Å². The Morgan fingerprint density at radius 3 is 2.92 bits per heavy atom. The second-order valence-corrected chi connectivity index (χ2v) is 3.83. The summed E-state index contributed by atoms with van der Waals surface area (Å²) in [6, 6.07) is 1.61. The Morgan fingerprint density at radius 2 is 2.33 bits per heavy atom. The first-order valence-corrected chi connectivity index (χ1v) is 4.87. The molecule has 0 aliphatic heterocycles. The molecule has 1 heterocycles. The SMILES string of the molecule is CCCn1cc(Br)cc(Cl)c1=O. The highest BCUT2D eigenvalue weighted by molar-refractivity contribution is 9.10. The molecule has 2 nitrogen and oxygen atoms in total. The van der Waals surface area contributed by atoms with Gasteiger partial charge in [0.15, 0.2) is 0 Å². The van der Waals surface area contributed by atoms with Crippen molar-refractivity contribution in [1.82, 2.24) is 4.57 Å². The highest BCUT2D eigenvalue weighted by Crippen LogP contribution is 2.12. The first-order valence-electron chi connectivity index (χ1n) is 3.70. The molecule has 0 fully saturated rings. The largest absolute Gasteiger partial charge is 0.313 e. The van der Waals surface area contributed by atoms with Crippen LogP contribution in [0.25, 0.3) is 0 Å². The summed E-state index contributed by atoms with van der Waals surface area (Å²) >= 11 is 8.96. The van der Waals surface area contributed by atoms with E-state index in [2.05, 4.69) is 15.9 Å². The highest BCUT2D eigenvalue weighted by Gasteiger charge is 2.01. The van der Waals surface area contributed by atoms with E-state index in [1.807, 2.05) is 6.92 Å². The molecule has 0 radical (unpaired) electrons. The minimum Gasteiger partial charge on any atom is -0.313 e. The molecule has 0 atom stereocenters. The van der Waals surface area contributed by atoms with Crippen LogP contribution in [0.5, 0.6) is 0 Å². The molecule has 1 aromatic rings. The van der Waals surface area contributed by atoms with Gasteiger partial charge in [0, 0.05) is 17.2 Å². The Balaban J connectivity index is 3.19. The molecule has 4 heteroatoms. The van der Waals surface area contributed by atoms with Crippen LogP contribution >= 0.6 is 27.5 Å². The molecule has 0 spiro atoms. The Kier molecular flexibility index (Phi) is 3.35. The zero-order chi connectivity index (χ0) is 9.14. The minimum absolute atomic E-state index is 0.123. The minimum atomic E-state index is -0.123. The fourth-order valence-corrected chi connectivity index (χ4v) is 1.81. The fourth-order valence-electron chi connectivity index (χ4n) is 0.972. The van der Waals surface area contributed by atoms with Crippen molar-refractivity contribution in [3.8, 4) is 0 Å². The molecule has 0 amide bonds. The third-order valence-electron chi connectivity index (χ3n) is 1.47. The maximum atomic E-state index is 11.3. The summed E-state index contributed by atoms with van der Waals surface area (Å²) in [4.78, 5) is 11.3. The summed E-state index contributed by atoms with van der Waals surface area (Å²) in [5.41, 5.74) is -0.123. The number of halogens is 2. The molecule has 0 bridgehead atoms. The van der Waals surface area contributed by atoms with Gasteiger partial charge in [-0.2, -0.15) is 0 Å². The van der Waals surface area contributed by atoms with Crippen LogP contribution in [-0.4, -0.2) is 4.57 Å². The van der Waals surface area contributed by atoms with Crippen LogP contribution in [0, 0.1) is 0 Å². The number of nitrogens with zero attached hydrogens (tertiary/aromatic N) is 1. The van der Waals surface area contributed by atoms with E-state index in [1.165, 1.54) is 0 Å². The van der Waals surface area contributed by atoms with Crippen molar-refractivity contribution >= 4 is 27.5 Å². The van der Waals surface area contributed by atoms with Gasteiger partial charge in [0.25, 0.3) is 5.56 Å². The van der Waals surface area contributed by atoms with Gasteiger partial charge in [0.05, 0.1) is 0 Å². The third-order valence-corrected chi connectivity index (χ3v) is 2.18. The summed E-state index contributed by atoms with van der Waals surface area (Å²) in [5, 5.41) is 0.262. The van der Waals surface area contributed by atoms with Crippen molar-refractivity contribution in [2.45, 2.75) is 19.9 Å². The van der Waals surface area contributed by atoms with E-state index in [-0.39, 0.29) is 10.6 Å². The van der Waals surface area contributed by atoms with Crippen LogP contribution in [0.3, 0.4) is 0 Å². The number of hydrogen-bond acceptors (Lipinski definition) is 1. The lowest BCUT2D eigenvalue weighted by atomic mass is 10.4. The first-order chi connectivity index (χ1) is 5.65. The number of aromatic nitrogens is 1. The Morgan fingerprint density at radius 1 is 1.67 bits per heavy atom. The molecule has 0 saturated carbocycles. The van der Waals surface area contributed by atoms with Crippen LogP contribution in [0.2, 0.25) is 5.02 Å². The van der Waals surface area contributed by atoms with Gasteiger partial charge in [-0.05, 0) is 28.4 Å². The molecule has 66 valence electrons. The van der Waals surface area contributed by atoms with Crippen LogP contribution in [0.15, 0.2) is 21.5 Å². The van der Waals surface area contributed by atoms with E-state index >= 15 is 0 Å². The monoisotopic (exact) mass is 249 g/mol. The van der Waals surface area contributed by atoms with Crippen molar-refractivity contribution in [2.75, 3.05) is 0 Å². The molecular weight excluding hydrogens is 241 g/mol. The molecule has 0 N–H and O–H groups in total. The third kappa shape index (κ3) is 2.11. The van der Waals surface area contributed by atoms with Gasteiger partial charge in [-0.3, -0.25) is 4.79 Å². The van der Waals surface area contributed by atoms with Crippen molar-refractivity contribution in [3.05, 3.63) is 32.1 Å². The molecule has 0 aliphatic rings. The van der Waals surface area contributed by atoms with Crippen molar-refractivity contribution in [2.24, 2.45) is 0 Å². The first kappa shape index (κ1) is 9.81. The van der Waals surface area contributed by atoms with E-state index in [0.29, 0.717) is 6.54 Å². The Bertz CT molecular complexity index is 334. The van der Waals surface area contributed by atoms with Crippen molar-refractivity contribution in [3.63, 3.8) is 0 Å². The lowest BCUT2D eigenvalue weighted by Gasteiger charge is -2.03. The zero-order valence-corrected chi connectivity index (χ0v) is 9.02. The topological polar surface area (TPSA) is 22.0 Å². The van der Waals surface area contributed by atoms with E-state index in [9.17, 15) is 4.79 Å². The number of aryl methyl sites for hydroxylation is 1. The van der Waals surface area contributed by atoms with Crippen LogP contribution < -0.4 is 5.56 Å². The van der Waals surface area contributed by atoms with Crippen LogP contribution in [0.4, 0.5) is 0 Å². The van der Waals surface area contributed by atoms with Gasteiger partial charge in [-0.25, -0.2) is 0 Å². The summed E-state index contributed by atoms with van der Waals surface area (Å²) in [7, 11) is 0. The fraction of sp³-hybridized carbons (Fsp3) is 0.375. The average molecular weight is 251 g/mol. The van der Waals surface area contributed by atoms with Gasteiger partial charge < -0.3 is 4.57 Å². The van der Waals surface area contributed by atoms with Crippen molar-refractivity contribution < 1.29 is 0 Å². The maximum absolute atomic E-state index is 11.3. The number of pyridine rings is 1. The number of rotatable bonds is 2. The maximum Gasteiger partial charge on any atom is 0.269 e. The average Bonchev–Trinajstić information content (AvgIpc) is 2.00. The van der Waals surface area contributed by atoms with Crippen LogP contribution in [-0.2, 0) is 6.54 Å². The van der Waals surface area contributed by atoms with E-state index < -0.39 is 0 Å². The quantitative estimate of drug-likeness (QED) is 0.791. The molecular formula is C8H9BrClNO. The molecule has 1 rings (SSSR count). The lowest BCUT2D eigenvalue weighted by Crippen LogP contribution is -2.19. The summed E-state index contributed by atoms with van der Waals surface area (Å²) in [6.45, 7) is 2.72. The summed E-state index contributed by atoms with van der Waals surface area (Å²) in [6.07, 6.45) is 2.67. The number of hydrogen-bond donors (Lipinski definition) is 0. The second-order valence-electron chi connectivity index (χ2n) is 2.50. The molecule has 0 aromatic carbocycles. The van der Waals surface area contributed by atoms with E-state index in [4.69, 9.17) is 11.6 Å². The molecule has 1 aromatic heterocycles. The predicted octanol–water partition coefficient (Wildman–Crippen LogP) is 2.67. The predicted molar refractivity (Wildman–Crippen MR) is 53.7 cm³/mol. The Labute approximate surface area is 84.3 Å². The van der Waals surface area contributed by atoms with Gasteiger partial charge in [0.2, 0.25) is 0 Å². The zero-order valence-electron chi connectivity index (χ0n) is 6.68.